The molecule has 0 saturated carbocycles. The number of aliphatic carboxylic acids is 1. The van der Waals surface area contributed by atoms with Gasteiger partial charge >= 0.3 is 5.97 Å². The highest BCUT2D eigenvalue weighted by atomic mass is 16.5. The lowest BCUT2D eigenvalue weighted by atomic mass is 10.1. The van der Waals surface area contributed by atoms with E-state index < -0.39 is 11.9 Å². The zero-order chi connectivity index (χ0) is 16.4. The average molecular weight is 307 g/mol. The van der Waals surface area contributed by atoms with Gasteiger partial charge < -0.3 is 14.7 Å². The molecule has 1 rings (SSSR count). The van der Waals surface area contributed by atoms with Gasteiger partial charge in [0.1, 0.15) is 5.75 Å². The van der Waals surface area contributed by atoms with Gasteiger partial charge in [0.2, 0.25) is 0 Å². The van der Waals surface area contributed by atoms with Crippen LogP contribution >= 0.6 is 0 Å². The molecule has 0 bridgehead atoms. The maximum atomic E-state index is 11.2. The Balaban J connectivity index is 2.90. The summed E-state index contributed by atoms with van der Waals surface area (Å²) in [6.07, 6.45) is 4.31. The van der Waals surface area contributed by atoms with Gasteiger partial charge in [-0.1, -0.05) is 45.7 Å². The second-order valence-electron chi connectivity index (χ2n) is 5.71. The van der Waals surface area contributed by atoms with Gasteiger partial charge in [-0.3, -0.25) is 4.79 Å². The molecule has 1 unspecified atom stereocenters. The van der Waals surface area contributed by atoms with Crippen molar-refractivity contribution in [1.29, 1.82) is 0 Å². The number of unbranched alkanes of at least 4 members (excludes halogenated alkanes) is 2. The van der Waals surface area contributed by atoms with Crippen molar-refractivity contribution >= 4 is 11.7 Å². The maximum absolute atomic E-state index is 11.2. The number of ether oxygens (including phenoxy) is 1. The van der Waals surface area contributed by atoms with E-state index in [0.29, 0.717) is 13.2 Å². The van der Waals surface area contributed by atoms with Crippen LogP contribution in [0.4, 0.5) is 5.69 Å². The molecule has 1 aromatic carbocycles. The SMILES string of the molecule is CCCCCN(CC(C)C(=O)O)c1ccccc1OCCC. The quantitative estimate of drug-likeness (QED) is 0.623. The summed E-state index contributed by atoms with van der Waals surface area (Å²) in [5, 5.41) is 9.20. The minimum atomic E-state index is -0.757. The van der Waals surface area contributed by atoms with Gasteiger partial charge in [0.25, 0.3) is 0 Å². The summed E-state index contributed by atoms with van der Waals surface area (Å²) in [4.78, 5) is 13.3. The first-order valence-electron chi connectivity index (χ1n) is 8.29. The molecule has 124 valence electrons. The number of carbonyl (C=O) groups is 1. The molecule has 0 aromatic heterocycles. The van der Waals surface area contributed by atoms with Crippen LogP contribution in [0.25, 0.3) is 0 Å². The molecule has 4 heteroatoms. The van der Waals surface area contributed by atoms with E-state index in [4.69, 9.17) is 4.74 Å². The molecule has 1 atom stereocenters. The summed E-state index contributed by atoms with van der Waals surface area (Å²) in [6, 6.07) is 7.92. The maximum Gasteiger partial charge on any atom is 0.308 e. The highest BCUT2D eigenvalue weighted by Gasteiger charge is 2.18. The Labute approximate surface area is 134 Å². The Morgan fingerprint density at radius 2 is 1.95 bits per heavy atom. The number of nitrogens with zero attached hydrogens (tertiary/aromatic N) is 1. The van der Waals surface area contributed by atoms with E-state index in [1.54, 1.807) is 6.92 Å². The third-order valence-corrected chi connectivity index (χ3v) is 3.62. The second kappa shape index (κ2) is 10.1. The average Bonchev–Trinajstić information content (AvgIpc) is 2.52. The predicted molar refractivity (Wildman–Crippen MR) is 90.8 cm³/mol. The van der Waals surface area contributed by atoms with Crippen molar-refractivity contribution in [2.24, 2.45) is 5.92 Å². The number of hydrogen-bond acceptors (Lipinski definition) is 3. The Morgan fingerprint density at radius 1 is 1.23 bits per heavy atom. The van der Waals surface area contributed by atoms with Crippen molar-refractivity contribution in [3.05, 3.63) is 24.3 Å². The van der Waals surface area contributed by atoms with E-state index in [1.165, 1.54) is 0 Å². The van der Waals surface area contributed by atoms with Crippen LogP contribution in [-0.2, 0) is 4.79 Å². The molecular weight excluding hydrogens is 278 g/mol. The molecule has 1 aromatic rings. The monoisotopic (exact) mass is 307 g/mol. The van der Waals surface area contributed by atoms with Crippen molar-refractivity contribution in [1.82, 2.24) is 0 Å². The van der Waals surface area contributed by atoms with Crippen LogP contribution < -0.4 is 9.64 Å². The molecule has 0 aliphatic carbocycles. The van der Waals surface area contributed by atoms with E-state index in [9.17, 15) is 9.90 Å². The van der Waals surface area contributed by atoms with Gasteiger partial charge in [-0.05, 0) is 25.0 Å². The summed E-state index contributed by atoms with van der Waals surface area (Å²) in [6.45, 7) is 8.04. The van der Waals surface area contributed by atoms with E-state index in [0.717, 1.165) is 43.7 Å². The fraction of sp³-hybridized carbons (Fsp3) is 0.611. The number of benzene rings is 1. The van der Waals surface area contributed by atoms with Crippen LogP contribution in [0.3, 0.4) is 0 Å². The molecule has 0 saturated heterocycles. The molecule has 1 N–H and O–H groups in total. The number of hydrogen-bond donors (Lipinski definition) is 1. The highest BCUT2D eigenvalue weighted by Crippen LogP contribution is 2.29. The van der Waals surface area contributed by atoms with Crippen LogP contribution in [0, 0.1) is 5.92 Å². The summed E-state index contributed by atoms with van der Waals surface area (Å²) < 4.78 is 5.83. The lowest BCUT2D eigenvalue weighted by Crippen LogP contribution is -2.33. The van der Waals surface area contributed by atoms with E-state index in [-0.39, 0.29) is 0 Å². The Kier molecular flexibility index (Phi) is 8.41. The van der Waals surface area contributed by atoms with Crippen molar-refractivity contribution in [2.75, 3.05) is 24.6 Å². The standard InChI is InChI=1S/C18H29NO3/c1-4-6-9-12-19(14-15(3)18(20)21)16-10-7-8-11-17(16)22-13-5-2/h7-8,10-11,15H,4-6,9,12-14H2,1-3H3,(H,20,21). The fourth-order valence-corrected chi connectivity index (χ4v) is 2.32. The molecule has 0 radical (unpaired) electrons. The lowest BCUT2D eigenvalue weighted by molar-refractivity contribution is -0.140. The van der Waals surface area contributed by atoms with Gasteiger partial charge in [-0.25, -0.2) is 0 Å². The van der Waals surface area contributed by atoms with Crippen LogP contribution in [0.15, 0.2) is 24.3 Å². The first-order chi connectivity index (χ1) is 10.6. The van der Waals surface area contributed by atoms with Crippen molar-refractivity contribution in [3.8, 4) is 5.75 Å². The lowest BCUT2D eigenvalue weighted by Gasteiger charge is -2.28. The number of carboxylic acids is 1. The Bertz CT molecular complexity index is 448. The number of rotatable bonds is 11. The van der Waals surface area contributed by atoms with E-state index in [2.05, 4.69) is 18.7 Å². The van der Waals surface area contributed by atoms with Crippen molar-refractivity contribution in [3.63, 3.8) is 0 Å². The molecule has 0 heterocycles. The van der Waals surface area contributed by atoms with Gasteiger partial charge in [0.15, 0.2) is 0 Å². The predicted octanol–water partition coefficient (Wildman–Crippen LogP) is 4.19. The zero-order valence-corrected chi connectivity index (χ0v) is 14.0. The molecule has 4 nitrogen and oxygen atoms in total. The number of anilines is 1. The Hall–Kier alpha value is -1.71. The largest absolute Gasteiger partial charge is 0.491 e. The van der Waals surface area contributed by atoms with Crippen LogP contribution in [0.1, 0.15) is 46.5 Å². The minimum absolute atomic E-state index is 0.402. The van der Waals surface area contributed by atoms with Gasteiger partial charge in [-0.15, -0.1) is 0 Å². The molecule has 22 heavy (non-hydrogen) atoms. The summed E-state index contributed by atoms with van der Waals surface area (Å²) in [7, 11) is 0. The van der Waals surface area contributed by atoms with Gasteiger partial charge in [0, 0.05) is 13.1 Å². The van der Waals surface area contributed by atoms with Crippen molar-refractivity contribution in [2.45, 2.75) is 46.5 Å². The highest BCUT2D eigenvalue weighted by molar-refractivity contribution is 5.71. The molecule has 0 fully saturated rings. The summed E-state index contributed by atoms with van der Waals surface area (Å²) >= 11 is 0. The normalized spacial score (nSPS) is 12.0. The first kappa shape index (κ1) is 18.3. The molecule has 0 aliphatic rings. The minimum Gasteiger partial charge on any atom is -0.491 e. The Morgan fingerprint density at radius 3 is 2.59 bits per heavy atom. The molecule has 0 spiro atoms. The molecular formula is C18H29NO3. The smallest absolute Gasteiger partial charge is 0.308 e. The van der Waals surface area contributed by atoms with Crippen LogP contribution in [-0.4, -0.2) is 30.8 Å². The van der Waals surface area contributed by atoms with E-state index in [1.807, 2.05) is 24.3 Å². The number of para-hydroxylation sites is 2. The molecule has 0 aliphatic heterocycles. The zero-order valence-electron chi connectivity index (χ0n) is 14.0. The van der Waals surface area contributed by atoms with Crippen molar-refractivity contribution < 1.29 is 14.6 Å². The topological polar surface area (TPSA) is 49.8 Å². The van der Waals surface area contributed by atoms with Crippen LogP contribution in [0.2, 0.25) is 0 Å². The molecule has 0 amide bonds. The number of carboxylic acid groups (broad SMARTS) is 1. The summed E-state index contributed by atoms with van der Waals surface area (Å²) in [5.74, 6) is -0.313. The third-order valence-electron chi connectivity index (χ3n) is 3.62. The van der Waals surface area contributed by atoms with Gasteiger partial charge in [-0.2, -0.15) is 0 Å². The fourth-order valence-electron chi connectivity index (χ4n) is 2.32. The van der Waals surface area contributed by atoms with Gasteiger partial charge in [0.05, 0.1) is 18.2 Å². The summed E-state index contributed by atoms with van der Waals surface area (Å²) in [5.41, 5.74) is 1.00. The van der Waals surface area contributed by atoms with Crippen LogP contribution in [0.5, 0.6) is 5.75 Å². The second-order valence-corrected chi connectivity index (χ2v) is 5.71. The first-order valence-corrected chi connectivity index (χ1v) is 8.29. The third kappa shape index (κ3) is 5.96. The van der Waals surface area contributed by atoms with E-state index >= 15 is 0 Å².